The maximum atomic E-state index is 13.2. The van der Waals surface area contributed by atoms with Gasteiger partial charge in [-0.05, 0) is 54.8 Å². The van der Waals surface area contributed by atoms with Crippen LogP contribution in [-0.4, -0.2) is 60.4 Å². The van der Waals surface area contributed by atoms with Gasteiger partial charge in [-0.2, -0.15) is 0 Å². The number of benzene rings is 2. The lowest BCUT2D eigenvalue weighted by Gasteiger charge is -2.37. The Morgan fingerprint density at radius 1 is 0.886 bits per heavy atom. The molecule has 1 saturated heterocycles. The van der Waals surface area contributed by atoms with Crippen molar-refractivity contribution in [2.75, 3.05) is 37.6 Å². The number of hydrogen-bond donors (Lipinski definition) is 1. The lowest BCUT2D eigenvalue weighted by molar-refractivity contribution is -0.133. The standard InChI is InChI=1S/C28H32N4O3/c33-27(32-16-14-31(15-17-32)25-5-2-1-3-6-25)21-30(20-26-7-4-18-35-26)19-22-8-10-23(11-9-22)28(34)29-24-12-13-24/h1-11,18,24H,12-17,19-21H2,(H,29,34). The highest BCUT2D eigenvalue weighted by Gasteiger charge is 2.25. The highest BCUT2D eigenvalue weighted by atomic mass is 16.3. The molecule has 35 heavy (non-hydrogen) atoms. The molecule has 3 aromatic rings. The first-order chi connectivity index (χ1) is 17.1. The number of nitrogens with one attached hydrogen (secondary N) is 1. The van der Waals surface area contributed by atoms with Crippen molar-refractivity contribution in [3.8, 4) is 0 Å². The predicted octanol–water partition coefficient (Wildman–Crippen LogP) is 3.52. The van der Waals surface area contributed by atoms with Crippen LogP contribution in [-0.2, 0) is 17.9 Å². The van der Waals surface area contributed by atoms with Crippen molar-refractivity contribution in [1.29, 1.82) is 0 Å². The topological polar surface area (TPSA) is 69.0 Å². The fourth-order valence-electron chi connectivity index (χ4n) is 4.45. The van der Waals surface area contributed by atoms with Crippen molar-refractivity contribution in [2.45, 2.75) is 32.0 Å². The van der Waals surface area contributed by atoms with Gasteiger partial charge in [-0.25, -0.2) is 0 Å². The zero-order valence-corrected chi connectivity index (χ0v) is 19.9. The van der Waals surface area contributed by atoms with Gasteiger partial charge in [0.1, 0.15) is 5.76 Å². The number of nitrogens with zero attached hydrogens (tertiary/aromatic N) is 3. The van der Waals surface area contributed by atoms with Crippen molar-refractivity contribution in [1.82, 2.24) is 15.1 Å². The molecule has 7 heteroatoms. The van der Waals surface area contributed by atoms with E-state index >= 15 is 0 Å². The average Bonchev–Trinajstić information content (AvgIpc) is 3.56. The van der Waals surface area contributed by atoms with Crippen molar-refractivity contribution in [2.24, 2.45) is 0 Å². The Morgan fingerprint density at radius 2 is 1.63 bits per heavy atom. The van der Waals surface area contributed by atoms with Crippen molar-refractivity contribution < 1.29 is 14.0 Å². The second kappa shape index (κ2) is 10.8. The van der Waals surface area contributed by atoms with E-state index in [9.17, 15) is 9.59 Å². The number of hydrogen-bond acceptors (Lipinski definition) is 5. The van der Waals surface area contributed by atoms with Gasteiger partial charge in [-0.15, -0.1) is 0 Å². The Hall–Kier alpha value is -3.58. The highest BCUT2D eigenvalue weighted by Crippen LogP contribution is 2.20. The third-order valence-corrected chi connectivity index (χ3v) is 6.61. The van der Waals surface area contributed by atoms with Gasteiger partial charge in [0.15, 0.2) is 0 Å². The van der Waals surface area contributed by atoms with E-state index in [2.05, 4.69) is 27.2 Å². The number of amides is 2. The molecule has 2 fully saturated rings. The smallest absolute Gasteiger partial charge is 0.251 e. The molecule has 2 aliphatic rings. The van der Waals surface area contributed by atoms with Gasteiger partial charge < -0.3 is 19.5 Å². The fraction of sp³-hybridized carbons (Fsp3) is 0.357. The second-order valence-corrected chi connectivity index (χ2v) is 9.37. The van der Waals surface area contributed by atoms with Gasteiger partial charge in [-0.3, -0.25) is 14.5 Å². The van der Waals surface area contributed by atoms with E-state index in [4.69, 9.17) is 4.42 Å². The maximum absolute atomic E-state index is 13.2. The van der Waals surface area contributed by atoms with Crippen molar-refractivity contribution in [3.63, 3.8) is 0 Å². The molecule has 5 rings (SSSR count). The number of piperazine rings is 1. The van der Waals surface area contributed by atoms with Crippen LogP contribution in [0.15, 0.2) is 77.4 Å². The minimum absolute atomic E-state index is 0.0173. The molecule has 1 aliphatic carbocycles. The molecule has 2 aromatic carbocycles. The molecule has 7 nitrogen and oxygen atoms in total. The highest BCUT2D eigenvalue weighted by molar-refractivity contribution is 5.94. The Bertz CT molecular complexity index is 1100. The first-order valence-electron chi connectivity index (χ1n) is 12.4. The van der Waals surface area contributed by atoms with Crippen molar-refractivity contribution >= 4 is 17.5 Å². The van der Waals surface area contributed by atoms with Gasteiger partial charge >= 0.3 is 0 Å². The summed E-state index contributed by atoms with van der Waals surface area (Å²) in [4.78, 5) is 31.9. The van der Waals surface area contributed by atoms with Gasteiger partial charge in [0.2, 0.25) is 5.91 Å². The van der Waals surface area contributed by atoms with E-state index in [-0.39, 0.29) is 11.8 Å². The quantitative estimate of drug-likeness (QED) is 0.516. The van der Waals surface area contributed by atoms with Crippen LogP contribution in [0.5, 0.6) is 0 Å². The van der Waals surface area contributed by atoms with Crippen LogP contribution < -0.4 is 10.2 Å². The maximum Gasteiger partial charge on any atom is 0.251 e. The predicted molar refractivity (Wildman–Crippen MR) is 135 cm³/mol. The normalized spacial score (nSPS) is 15.9. The molecule has 0 unspecified atom stereocenters. The van der Waals surface area contributed by atoms with Crippen LogP contribution in [0.4, 0.5) is 5.69 Å². The molecule has 0 radical (unpaired) electrons. The number of para-hydroxylation sites is 1. The number of rotatable bonds is 9. The number of carbonyl (C=O) groups is 2. The first kappa shape index (κ1) is 23.2. The van der Waals surface area contributed by atoms with E-state index in [0.29, 0.717) is 44.3 Å². The third kappa shape index (κ3) is 6.31. The minimum atomic E-state index is -0.0173. The van der Waals surface area contributed by atoms with Crippen LogP contribution in [0, 0.1) is 0 Å². The van der Waals surface area contributed by atoms with Gasteiger partial charge in [0.25, 0.3) is 5.91 Å². The summed E-state index contributed by atoms with van der Waals surface area (Å²) in [5.74, 6) is 0.938. The van der Waals surface area contributed by atoms with Crippen LogP contribution in [0.25, 0.3) is 0 Å². The summed E-state index contributed by atoms with van der Waals surface area (Å²) < 4.78 is 5.56. The van der Waals surface area contributed by atoms with E-state index < -0.39 is 0 Å². The fourth-order valence-corrected chi connectivity index (χ4v) is 4.45. The van der Waals surface area contributed by atoms with E-state index in [0.717, 1.165) is 37.3 Å². The van der Waals surface area contributed by atoms with Gasteiger partial charge in [-0.1, -0.05) is 30.3 Å². The monoisotopic (exact) mass is 472 g/mol. The molecular weight excluding hydrogens is 440 g/mol. The molecule has 0 bridgehead atoms. The van der Waals surface area contributed by atoms with Gasteiger partial charge in [0.05, 0.1) is 19.4 Å². The molecule has 2 heterocycles. The van der Waals surface area contributed by atoms with E-state index in [1.54, 1.807) is 6.26 Å². The molecular formula is C28H32N4O3. The summed E-state index contributed by atoms with van der Waals surface area (Å²) >= 11 is 0. The lowest BCUT2D eigenvalue weighted by Crippen LogP contribution is -2.51. The number of furan rings is 1. The Morgan fingerprint density at radius 3 is 2.29 bits per heavy atom. The zero-order valence-electron chi connectivity index (χ0n) is 19.9. The van der Waals surface area contributed by atoms with Gasteiger partial charge in [0, 0.05) is 50.0 Å². The Kier molecular flexibility index (Phi) is 7.14. The lowest BCUT2D eigenvalue weighted by atomic mass is 10.1. The number of anilines is 1. The van der Waals surface area contributed by atoms with Crippen LogP contribution in [0.2, 0.25) is 0 Å². The molecule has 1 saturated carbocycles. The molecule has 1 aromatic heterocycles. The summed E-state index contributed by atoms with van der Waals surface area (Å²) in [5.41, 5.74) is 2.93. The molecule has 0 atom stereocenters. The largest absolute Gasteiger partial charge is 0.468 e. The molecule has 0 spiro atoms. The molecule has 1 aliphatic heterocycles. The molecule has 2 amide bonds. The molecule has 1 N–H and O–H groups in total. The SMILES string of the molecule is O=C(NC1CC1)c1ccc(CN(CC(=O)N2CCN(c3ccccc3)CC2)Cc2ccco2)cc1. The average molecular weight is 473 g/mol. The van der Waals surface area contributed by atoms with Crippen LogP contribution in [0.3, 0.4) is 0 Å². The van der Waals surface area contributed by atoms with E-state index in [1.807, 2.05) is 59.5 Å². The molecule has 182 valence electrons. The Balaban J connectivity index is 1.19. The summed E-state index contributed by atoms with van der Waals surface area (Å²) in [6.07, 6.45) is 3.80. The van der Waals surface area contributed by atoms with Crippen LogP contribution >= 0.6 is 0 Å². The van der Waals surface area contributed by atoms with Crippen LogP contribution in [0.1, 0.15) is 34.5 Å². The second-order valence-electron chi connectivity index (χ2n) is 9.37. The summed E-state index contributed by atoms with van der Waals surface area (Å²) in [7, 11) is 0. The number of carbonyl (C=O) groups excluding carboxylic acids is 2. The summed E-state index contributed by atoms with van der Waals surface area (Å²) in [5, 5.41) is 3.02. The zero-order chi connectivity index (χ0) is 24.0. The summed E-state index contributed by atoms with van der Waals surface area (Å²) in [6.45, 7) is 4.56. The third-order valence-electron chi connectivity index (χ3n) is 6.61. The Labute approximate surface area is 206 Å². The van der Waals surface area contributed by atoms with Crippen molar-refractivity contribution in [3.05, 3.63) is 89.9 Å². The van der Waals surface area contributed by atoms with E-state index in [1.165, 1.54) is 5.69 Å². The summed E-state index contributed by atoms with van der Waals surface area (Å²) in [6, 6.07) is 22.2. The first-order valence-corrected chi connectivity index (χ1v) is 12.4. The minimum Gasteiger partial charge on any atom is -0.468 e.